The van der Waals surface area contributed by atoms with E-state index < -0.39 is 11.0 Å². The summed E-state index contributed by atoms with van der Waals surface area (Å²) in [6.45, 7) is 16.9. The van der Waals surface area contributed by atoms with Gasteiger partial charge in [0.1, 0.15) is 17.6 Å². The van der Waals surface area contributed by atoms with Gasteiger partial charge in [0, 0.05) is 52.9 Å². The van der Waals surface area contributed by atoms with Gasteiger partial charge in [-0.05, 0) is 84.1 Å². The summed E-state index contributed by atoms with van der Waals surface area (Å²) in [4.78, 5) is 18.8. The van der Waals surface area contributed by atoms with Crippen molar-refractivity contribution in [3.8, 4) is 0 Å². The molecule has 3 fully saturated rings. The Morgan fingerprint density at radius 1 is 0.917 bits per heavy atom. The number of likely N-dealkylation sites (tertiary alicyclic amines) is 1. The molecule has 1 amide bonds. The highest BCUT2D eigenvalue weighted by Gasteiger charge is 2.22. The molecule has 36 heavy (non-hydrogen) atoms. The third-order valence-electron chi connectivity index (χ3n) is 7.06. The fourth-order valence-electron chi connectivity index (χ4n) is 5.12. The third-order valence-corrected chi connectivity index (χ3v) is 8.89. The van der Waals surface area contributed by atoms with Crippen molar-refractivity contribution in [2.24, 2.45) is 5.92 Å². The van der Waals surface area contributed by atoms with Crippen molar-refractivity contribution in [2.75, 3.05) is 80.2 Å². The molecule has 2 atom stereocenters. The Balaban J connectivity index is 0.000000202. The molecule has 0 bridgehead atoms. The molecule has 0 aliphatic carbocycles. The molecule has 2 unspecified atom stereocenters. The minimum Gasteiger partial charge on any atom is -0.375 e. The van der Waals surface area contributed by atoms with Crippen LogP contribution in [-0.2, 0) is 20.5 Å². The molecule has 7 nitrogen and oxygen atoms in total. The van der Waals surface area contributed by atoms with Gasteiger partial charge in [0.2, 0.25) is 5.91 Å². The SMILES string of the molecule is CC1CCCN(C)C1.COCC(=O)N1CCN(C)CC1.Cc1cc(C)c(S(=O)N2CCCC2)c(C)c1. The molecular weight excluding hydrogens is 472 g/mol. The van der Waals surface area contributed by atoms with E-state index >= 15 is 0 Å². The Labute approximate surface area is 222 Å². The molecule has 1 aromatic rings. The molecule has 3 aliphatic rings. The summed E-state index contributed by atoms with van der Waals surface area (Å²) in [5.74, 6) is 1.04. The van der Waals surface area contributed by atoms with Gasteiger partial charge < -0.3 is 19.4 Å². The number of amides is 1. The number of ether oxygens (including phenoxy) is 1. The number of aryl methyl sites for hydroxylation is 3. The van der Waals surface area contributed by atoms with Crippen LogP contribution in [0.1, 0.15) is 49.3 Å². The number of nitrogens with zero attached hydrogens (tertiary/aromatic N) is 4. The van der Waals surface area contributed by atoms with E-state index in [-0.39, 0.29) is 12.5 Å². The van der Waals surface area contributed by atoms with Crippen LogP contribution in [0.2, 0.25) is 0 Å². The van der Waals surface area contributed by atoms with Crippen LogP contribution >= 0.6 is 0 Å². The van der Waals surface area contributed by atoms with E-state index in [9.17, 15) is 9.00 Å². The molecule has 8 heteroatoms. The highest BCUT2D eigenvalue weighted by atomic mass is 32.2. The maximum absolute atomic E-state index is 12.4. The topological polar surface area (TPSA) is 56.3 Å². The average Bonchev–Trinajstić information content (AvgIpc) is 3.35. The van der Waals surface area contributed by atoms with Crippen molar-refractivity contribution in [3.63, 3.8) is 0 Å². The van der Waals surface area contributed by atoms with Crippen molar-refractivity contribution in [2.45, 2.75) is 58.3 Å². The van der Waals surface area contributed by atoms with Gasteiger partial charge in [-0.2, -0.15) is 0 Å². The Morgan fingerprint density at radius 3 is 1.97 bits per heavy atom. The quantitative estimate of drug-likeness (QED) is 0.606. The number of carbonyl (C=O) groups is 1. The van der Waals surface area contributed by atoms with E-state index in [0.29, 0.717) is 0 Å². The van der Waals surface area contributed by atoms with Crippen LogP contribution < -0.4 is 0 Å². The van der Waals surface area contributed by atoms with E-state index in [4.69, 9.17) is 4.74 Å². The first-order valence-corrected chi connectivity index (χ1v) is 14.6. The molecule has 4 rings (SSSR count). The number of hydrogen-bond donors (Lipinski definition) is 0. The van der Waals surface area contributed by atoms with Crippen LogP contribution in [-0.4, -0.2) is 109 Å². The lowest BCUT2D eigenvalue weighted by Crippen LogP contribution is -2.48. The number of piperazine rings is 1. The van der Waals surface area contributed by atoms with Gasteiger partial charge in [0.25, 0.3) is 0 Å². The fraction of sp³-hybridized carbons (Fsp3) is 0.750. The molecule has 206 valence electrons. The average molecular weight is 523 g/mol. The maximum atomic E-state index is 12.4. The van der Waals surface area contributed by atoms with Crippen molar-refractivity contribution < 1.29 is 13.7 Å². The monoisotopic (exact) mass is 522 g/mol. The lowest BCUT2D eigenvalue weighted by molar-refractivity contribution is -0.136. The van der Waals surface area contributed by atoms with Crippen LogP contribution in [0.5, 0.6) is 0 Å². The molecule has 0 spiro atoms. The molecule has 3 aliphatic heterocycles. The second-order valence-corrected chi connectivity index (χ2v) is 12.2. The second kappa shape index (κ2) is 15.8. The smallest absolute Gasteiger partial charge is 0.248 e. The zero-order chi connectivity index (χ0) is 26.7. The molecular formula is C28H50N4O3S. The lowest BCUT2D eigenvalue weighted by atomic mass is 10.0. The van der Waals surface area contributed by atoms with Crippen LogP contribution in [0, 0.1) is 26.7 Å². The highest BCUT2D eigenvalue weighted by Crippen LogP contribution is 2.24. The minimum absolute atomic E-state index is 0.102. The van der Waals surface area contributed by atoms with Crippen LogP contribution in [0.3, 0.4) is 0 Å². The number of hydrogen-bond acceptors (Lipinski definition) is 5. The van der Waals surface area contributed by atoms with E-state index in [2.05, 4.69) is 68.0 Å². The van der Waals surface area contributed by atoms with Gasteiger partial charge in [0.05, 0.1) is 4.90 Å². The van der Waals surface area contributed by atoms with Crippen molar-refractivity contribution in [3.05, 3.63) is 28.8 Å². The Kier molecular flexibility index (Phi) is 13.6. The van der Waals surface area contributed by atoms with Crippen molar-refractivity contribution >= 4 is 16.9 Å². The second-order valence-electron chi connectivity index (χ2n) is 10.7. The van der Waals surface area contributed by atoms with Crippen molar-refractivity contribution in [1.82, 2.24) is 19.0 Å². The summed E-state index contributed by atoms with van der Waals surface area (Å²) in [5.41, 5.74) is 3.56. The summed E-state index contributed by atoms with van der Waals surface area (Å²) in [6, 6.07) is 4.24. The van der Waals surface area contributed by atoms with E-state index in [1.807, 2.05) is 4.90 Å². The molecule has 3 heterocycles. The molecule has 3 saturated heterocycles. The highest BCUT2D eigenvalue weighted by molar-refractivity contribution is 7.82. The zero-order valence-corrected chi connectivity index (χ0v) is 24.7. The minimum atomic E-state index is -0.957. The fourth-order valence-corrected chi connectivity index (χ4v) is 6.64. The number of benzene rings is 1. The first-order valence-electron chi connectivity index (χ1n) is 13.5. The number of likely N-dealkylation sites (N-methyl/N-ethyl adjacent to an activating group) is 1. The van der Waals surface area contributed by atoms with Gasteiger partial charge in [-0.3, -0.25) is 4.79 Å². The van der Waals surface area contributed by atoms with E-state index in [1.165, 1.54) is 44.3 Å². The van der Waals surface area contributed by atoms with Crippen LogP contribution in [0.15, 0.2) is 17.0 Å². The standard InChI is InChI=1S/C13H19NOS.C8H16N2O2.C7H15N/c1-10-8-11(2)13(12(3)9-10)16(15)14-6-4-5-7-14;1-9-3-5-10(6-4-9)8(11)7-12-2;1-7-4-3-5-8(2)6-7/h8-9H,4-7H2,1-3H3;3-7H2,1-2H3;7H,3-6H2,1-2H3. The molecule has 0 aromatic heterocycles. The summed E-state index contributed by atoms with van der Waals surface area (Å²) < 4.78 is 19.3. The number of rotatable bonds is 4. The first kappa shape index (κ1) is 30.9. The van der Waals surface area contributed by atoms with E-state index in [0.717, 1.165) is 61.2 Å². The van der Waals surface area contributed by atoms with E-state index in [1.54, 1.807) is 7.11 Å². The predicted molar refractivity (Wildman–Crippen MR) is 150 cm³/mol. The molecule has 0 saturated carbocycles. The number of piperidine rings is 1. The lowest BCUT2D eigenvalue weighted by Gasteiger charge is -2.32. The number of carbonyl (C=O) groups excluding carboxylic acids is 1. The van der Waals surface area contributed by atoms with Gasteiger partial charge in [-0.1, -0.05) is 24.6 Å². The summed E-state index contributed by atoms with van der Waals surface area (Å²) in [6.07, 6.45) is 5.19. The molecule has 0 radical (unpaired) electrons. The summed E-state index contributed by atoms with van der Waals surface area (Å²) in [7, 11) is 4.86. The molecule has 0 N–H and O–H groups in total. The maximum Gasteiger partial charge on any atom is 0.248 e. The number of methoxy groups -OCH3 is 1. The Hall–Kier alpha value is -1.32. The normalized spacial score (nSPS) is 22.3. The Morgan fingerprint density at radius 2 is 1.50 bits per heavy atom. The first-order chi connectivity index (χ1) is 17.1. The summed E-state index contributed by atoms with van der Waals surface area (Å²) in [5, 5.41) is 0. The van der Waals surface area contributed by atoms with Gasteiger partial charge in [-0.15, -0.1) is 0 Å². The Bertz CT molecular complexity index is 805. The zero-order valence-electron chi connectivity index (χ0n) is 23.8. The van der Waals surface area contributed by atoms with Gasteiger partial charge in [-0.25, -0.2) is 8.51 Å². The largest absolute Gasteiger partial charge is 0.375 e. The van der Waals surface area contributed by atoms with Gasteiger partial charge in [0.15, 0.2) is 0 Å². The van der Waals surface area contributed by atoms with Crippen LogP contribution in [0.25, 0.3) is 0 Å². The predicted octanol–water partition coefficient (Wildman–Crippen LogP) is 3.49. The van der Waals surface area contributed by atoms with Crippen LogP contribution in [0.4, 0.5) is 0 Å². The third kappa shape index (κ3) is 10.2. The van der Waals surface area contributed by atoms with Gasteiger partial charge >= 0.3 is 0 Å². The summed E-state index contributed by atoms with van der Waals surface area (Å²) >= 11 is 0. The van der Waals surface area contributed by atoms with Crippen molar-refractivity contribution in [1.29, 1.82) is 0 Å². The molecule has 1 aromatic carbocycles.